The molecule has 2 aromatic carbocycles. The number of nitrogens with one attached hydrogen (secondary N) is 1. The summed E-state index contributed by atoms with van der Waals surface area (Å²) in [4.78, 5) is 12.4. The predicted octanol–water partition coefficient (Wildman–Crippen LogP) is 4.45. The first-order valence-electron chi connectivity index (χ1n) is 8.85. The fourth-order valence-corrected chi connectivity index (χ4v) is 3.11. The molecule has 152 valence electrons. The highest BCUT2D eigenvalue weighted by Crippen LogP contribution is 2.34. The number of para-hydroxylation sites is 1. The molecule has 1 heterocycles. The van der Waals surface area contributed by atoms with Crippen LogP contribution in [0.1, 0.15) is 32.9 Å². The maximum Gasteiger partial charge on any atom is 0.416 e. The van der Waals surface area contributed by atoms with Crippen molar-refractivity contribution >= 4 is 5.91 Å². The summed E-state index contributed by atoms with van der Waals surface area (Å²) in [6.07, 6.45) is -4.57. The number of carbonyl (C=O) groups is 1. The summed E-state index contributed by atoms with van der Waals surface area (Å²) in [5, 5.41) is 6.77. The van der Waals surface area contributed by atoms with Crippen molar-refractivity contribution < 1.29 is 22.7 Å². The number of nitrogens with zero attached hydrogens (tertiary/aromatic N) is 2. The van der Waals surface area contributed by atoms with Crippen LogP contribution in [-0.2, 0) is 12.7 Å². The van der Waals surface area contributed by atoms with Crippen LogP contribution in [0.15, 0.2) is 48.5 Å². The zero-order valence-corrected chi connectivity index (χ0v) is 16.2. The van der Waals surface area contributed by atoms with Crippen molar-refractivity contribution in [3.63, 3.8) is 0 Å². The van der Waals surface area contributed by atoms with E-state index in [9.17, 15) is 18.0 Å². The van der Waals surface area contributed by atoms with Crippen molar-refractivity contribution in [2.24, 2.45) is 0 Å². The van der Waals surface area contributed by atoms with Gasteiger partial charge in [-0.1, -0.05) is 18.2 Å². The Balaban J connectivity index is 1.89. The highest BCUT2D eigenvalue weighted by Gasteiger charge is 2.34. The summed E-state index contributed by atoms with van der Waals surface area (Å²) in [6, 6.07) is 12.3. The monoisotopic (exact) mass is 403 g/mol. The lowest BCUT2D eigenvalue weighted by Gasteiger charge is -2.16. The topological polar surface area (TPSA) is 56.1 Å². The van der Waals surface area contributed by atoms with Gasteiger partial charge in [0.15, 0.2) is 0 Å². The van der Waals surface area contributed by atoms with Gasteiger partial charge in [0.25, 0.3) is 5.91 Å². The number of hydrogen-bond acceptors (Lipinski definition) is 3. The van der Waals surface area contributed by atoms with Gasteiger partial charge in [-0.15, -0.1) is 0 Å². The van der Waals surface area contributed by atoms with E-state index in [0.29, 0.717) is 17.1 Å². The number of benzene rings is 2. The van der Waals surface area contributed by atoms with Crippen molar-refractivity contribution in [1.29, 1.82) is 0 Å². The molecule has 0 aliphatic heterocycles. The van der Waals surface area contributed by atoms with Crippen LogP contribution < -0.4 is 10.1 Å². The van der Waals surface area contributed by atoms with Crippen LogP contribution in [0.4, 0.5) is 13.2 Å². The fourth-order valence-electron chi connectivity index (χ4n) is 3.11. The van der Waals surface area contributed by atoms with Gasteiger partial charge in [-0.2, -0.15) is 18.3 Å². The van der Waals surface area contributed by atoms with Gasteiger partial charge in [0.2, 0.25) is 0 Å². The number of ether oxygens (including phenoxy) is 1. The smallest absolute Gasteiger partial charge is 0.416 e. The Morgan fingerprint density at radius 2 is 1.86 bits per heavy atom. The number of aromatic nitrogens is 2. The second-order valence-electron chi connectivity index (χ2n) is 6.56. The summed E-state index contributed by atoms with van der Waals surface area (Å²) in [7, 11) is 1.42. The van der Waals surface area contributed by atoms with Gasteiger partial charge in [-0.05, 0) is 49.7 Å². The Morgan fingerprint density at radius 3 is 2.48 bits per heavy atom. The van der Waals surface area contributed by atoms with E-state index in [0.717, 1.165) is 11.8 Å². The fraction of sp³-hybridized carbons (Fsp3) is 0.238. The lowest BCUT2D eigenvalue weighted by atomic mass is 10.1. The number of halogens is 3. The summed E-state index contributed by atoms with van der Waals surface area (Å²) in [5.41, 5.74) is 1.15. The molecular formula is C21H20F3N3O2. The molecule has 0 fully saturated rings. The second-order valence-corrected chi connectivity index (χ2v) is 6.56. The number of hydrogen-bond donors (Lipinski definition) is 1. The number of methoxy groups -OCH3 is 1. The van der Waals surface area contributed by atoms with E-state index in [1.165, 1.54) is 17.9 Å². The quantitative estimate of drug-likeness (QED) is 0.685. The van der Waals surface area contributed by atoms with E-state index in [-0.39, 0.29) is 17.7 Å². The van der Waals surface area contributed by atoms with Gasteiger partial charge in [0, 0.05) is 12.2 Å². The van der Waals surface area contributed by atoms with E-state index in [4.69, 9.17) is 4.74 Å². The van der Waals surface area contributed by atoms with Crippen LogP contribution >= 0.6 is 0 Å². The molecule has 1 amide bonds. The summed E-state index contributed by atoms with van der Waals surface area (Å²) in [5.74, 6) is -0.167. The molecule has 0 saturated heterocycles. The molecule has 29 heavy (non-hydrogen) atoms. The van der Waals surface area contributed by atoms with Crippen LogP contribution in [-0.4, -0.2) is 22.8 Å². The molecule has 0 aliphatic rings. The summed E-state index contributed by atoms with van der Waals surface area (Å²) in [6.45, 7) is 3.27. The van der Waals surface area contributed by atoms with Crippen LogP contribution in [0.3, 0.4) is 0 Å². The van der Waals surface area contributed by atoms with Gasteiger partial charge in [-0.3, -0.25) is 4.79 Å². The Bertz CT molecular complexity index is 1040. The normalized spacial score (nSPS) is 11.4. The van der Waals surface area contributed by atoms with Crippen molar-refractivity contribution in [1.82, 2.24) is 15.1 Å². The minimum absolute atomic E-state index is 0.0361. The summed E-state index contributed by atoms with van der Waals surface area (Å²) < 4.78 is 47.5. The molecular weight excluding hydrogens is 383 g/mol. The average molecular weight is 403 g/mol. The highest BCUT2D eigenvalue weighted by atomic mass is 19.4. The largest absolute Gasteiger partial charge is 0.496 e. The maximum absolute atomic E-state index is 13.7. The molecule has 5 nitrogen and oxygen atoms in total. The molecule has 1 aromatic heterocycles. The molecule has 0 unspecified atom stereocenters. The Kier molecular flexibility index (Phi) is 5.63. The first-order chi connectivity index (χ1) is 13.7. The third-order valence-electron chi connectivity index (χ3n) is 4.44. The number of rotatable bonds is 5. The lowest BCUT2D eigenvalue weighted by molar-refractivity contribution is -0.138. The molecule has 0 aliphatic carbocycles. The molecule has 8 heteroatoms. The Labute approximate surface area is 166 Å². The number of alkyl halides is 3. The first kappa shape index (κ1) is 20.4. The zero-order valence-electron chi connectivity index (χ0n) is 16.2. The van der Waals surface area contributed by atoms with Crippen LogP contribution in [0.5, 0.6) is 5.75 Å². The van der Waals surface area contributed by atoms with Crippen molar-refractivity contribution in [3.8, 4) is 11.4 Å². The van der Waals surface area contributed by atoms with Gasteiger partial charge in [0.1, 0.15) is 5.75 Å². The van der Waals surface area contributed by atoms with E-state index in [2.05, 4.69) is 10.4 Å². The number of aryl methyl sites for hydroxylation is 2. The van der Waals surface area contributed by atoms with Gasteiger partial charge >= 0.3 is 6.18 Å². The van der Waals surface area contributed by atoms with Gasteiger partial charge in [-0.25, -0.2) is 4.68 Å². The van der Waals surface area contributed by atoms with Gasteiger partial charge in [0.05, 0.1) is 29.6 Å². The molecule has 0 saturated carbocycles. The van der Waals surface area contributed by atoms with Crippen molar-refractivity contribution in [3.05, 3.63) is 76.6 Å². The van der Waals surface area contributed by atoms with E-state index in [1.807, 2.05) is 0 Å². The molecule has 1 N–H and O–H groups in total. The third kappa shape index (κ3) is 4.42. The standard InChI is InChI=1S/C21H20F3N3O2/c1-13-10-14(2)27(26-13)16-9-8-15(18(11-16)21(22,23)24)12-25-20(28)17-6-4-5-7-19(17)29-3/h4-11H,12H2,1-3H3,(H,25,28). The van der Waals surface area contributed by atoms with E-state index in [1.54, 1.807) is 50.2 Å². The van der Waals surface area contributed by atoms with E-state index >= 15 is 0 Å². The van der Waals surface area contributed by atoms with E-state index < -0.39 is 17.6 Å². The van der Waals surface area contributed by atoms with Crippen LogP contribution in [0, 0.1) is 13.8 Å². The molecule has 0 spiro atoms. The SMILES string of the molecule is COc1ccccc1C(=O)NCc1ccc(-n2nc(C)cc2C)cc1C(F)(F)F. The van der Waals surface area contributed by atoms with Crippen molar-refractivity contribution in [2.45, 2.75) is 26.6 Å². The number of carbonyl (C=O) groups excluding carboxylic acids is 1. The maximum atomic E-state index is 13.7. The minimum Gasteiger partial charge on any atom is -0.496 e. The molecule has 3 rings (SSSR count). The predicted molar refractivity (Wildman–Crippen MR) is 102 cm³/mol. The first-order valence-corrected chi connectivity index (χ1v) is 8.85. The zero-order chi connectivity index (χ0) is 21.2. The Morgan fingerprint density at radius 1 is 1.14 bits per heavy atom. The minimum atomic E-state index is -4.57. The molecule has 0 bridgehead atoms. The van der Waals surface area contributed by atoms with Crippen LogP contribution in [0.25, 0.3) is 5.69 Å². The number of amides is 1. The molecule has 3 aromatic rings. The second kappa shape index (κ2) is 7.98. The third-order valence-corrected chi connectivity index (χ3v) is 4.44. The van der Waals surface area contributed by atoms with Gasteiger partial charge < -0.3 is 10.1 Å². The van der Waals surface area contributed by atoms with Crippen LogP contribution in [0.2, 0.25) is 0 Å². The highest BCUT2D eigenvalue weighted by molar-refractivity contribution is 5.96. The average Bonchev–Trinajstić information content (AvgIpc) is 3.03. The molecule has 0 radical (unpaired) electrons. The molecule has 0 atom stereocenters. The lowest BCUT2D eigenvalue weighted by Crippen LogP contribution is -2.25. The van der Waals surface area contributed by atoms with Crippen molar-refractivity contribution in [2.75, 3.05) is 7.11 Å². The Hall–Kier alpha value is -3.29. The summed E-state index contributed by atoms with van der Waals surface area (Å²) >= 11 is 0.